The van der Waals surface area contributed by atoms with Crippen LogP contribution in [0.3, 0.4) is 0 Å². The first-order valence-corrected chi connectivity index (χ1v) is 21.7. The van der Waals surface area contributed by atoms with Crippen LogP contribution in [0.2, 0.25) is 0 Å². The van der Waals surface area contributed by atoms with Crippen molar-refractivity contribution in [2.75, 3.05) is 13.2 Å². The van der Waals surface area contributed by atoms with E-state index in [-0.39, 0.29) is 38.7 Å². The van der Waals surface area contributed by atoms with Gasteiger partial charge in [-0.3, -0.25) is 33.6 Å². The van der Waals surface area contributed by atoms with Gasteiger partial charge in [-0.25, -0.2) is 0 Å². The fraction of sp³-hybridized carbons (Fsp3) is 0.698. The van der Waals surface area contributed by atoms with Gasteiger partial charge in [-0.1, -0.05) is 95.5 Å². The van der Waals surface area contributed by atoms with Gasteiger partial charge < -0.3 is 57.5 Å². The number of aliphatic hydroxyl groups is 4. The van der Waals surface area contributed by atoms with Crippen LogP contribution in [0.25, 0.3) is 0 Å². The minimum Gasteiger partial charge on any atom is -0.459 e. The second-order valence-electron chi connectivity index (χ2n) is 16.0. The van der Waals surface area contributed by atoms with E-state index >= 15 is 0 Å². The lowest BCUT2D eigenvalue weighted by atomic mass is 9.92. The summed E-state index contributed by atoms with van der Waals surface area (Å²) < 4.78 is 5.82. The summed E-state index contributed by atoms with van der Waals surface area (Å²) in [6, 6.07) is 1.90. The molecule has 0 radical (unpaired) electrons. The number of benzene rings is 1. The third kappa shape index (κ3) is 19.7. The number of esters is 1. The molecule has 0 bridgehead atoms. The number of hydrogen-bond acceptors (Lipinski definition) is 12. The molecule has 1 saturated heterocycles. The summed E-state index contributed by atoms with van der Waals surface area (Å²) in [5, 5.41) is 53.6. The molecular weight excluding hydrogens is 793 g/mol. The lowest BCUT2D eigenvalue weighted by molar-refractivity contribution is -0.164. The highest BCUT2D eigenvalue weighted by Gasteiger charge is 2.38. The molecule has 18 heteroatoms. The van der Waals surface area contributed by atoms with Crippen LogP contribution in [-0.2, 0) is 38.3 Å². The smallest absolute Gasteiger partial charge is 0.308 e. The first kappa shape index (κ1) is 52.5. The maximum atomic E-state index is 14.0. The molecule has 6 amide bonds. The van der Waals surface area contributed by atoms with E-state index in [9.17, 15) is 48.9 Å². The Morgan fingerprint density at radius 3 is 1.92 bits per heavy atom. The van der Waals surface area contributed by atoms with Gasteiger partial charge in [-0.2, -0.15) is 0 Å². The van der Waals surface area contributed by atoms with Crippen molar-refractivity contribution in [3.8, 4) is 0 Å². The summed E-state index contributed by atoms with van der Waals surface area (Å²) >= 11 is 0. The van der Waals surface area contributed by atoms with Gasteiger partial charge >= 0.3 is 5.97 Å². The fourth-order valence-corrected chi connectivity index (χ4v) is 7.05. The van der Waals surface area contributed by atoms with Crippen LogP contribution in [0, 0.1) is 5.92 Å². The topological polar surface area (TPSA) is 296 Å². The van der Waals surface area contributed by atoms with E-state index in [0.717, 1.165) is 38.5 Å². The zero-order valence-corrected chi connectivity index (χ0v) is 35.9. The Bertz CT molecular complexity index is 1530. The number of aliphatic hydroxyl groups excluding tert-OH is 4. The number of nitrogens with two attached hydrogens (primary N) is 1. The number of unbranched alkanes of at least 4 members (excludes halogenated alkanes) is 7. The molecule has 5 unspecified atom stereocenters. The number of primary amides is 1. The van der Waals surface area contributed by atoms with E-state index in [1.807, 2.05) is 0 Å². The Morgan fingerprint density at radius 1 is 0.770 bits per heavy atom. The van der Waals surface area contributed by atoms with Crippen LogP contribution >= 0.6 is 0 Å². The Morgan fingerprint density at radius 2 is 1.33 bits per heavy atom. The third-order valence-electron chi connectivity index (χ3n) is 10.9. The number of ether oxygens (including phenoxy) is 1. The molecule has 0 saturated carbocycles. The van der Waals surface area contributed by atoms with Crippen molar-refractivity contribution in [1.29, 1.82) is 0 Å². The van der Waals surface area contributed by atoms with Crippen LogP contribution in [0.4, 0.5) is 0 Å². The fourth-order valence-electron chi connectivity index (χ4n) is 7.05. The molecule has 344 valence electrons. The summed E-state index contributed by atoms with van der Waals surface area (Å²) in [5.74, 6) is -6.82. The second kappa shape index (κ2) is 28.8. The zero-order valence-electron chi connectivity index (χ0n) is 35.9. The summed E-state index contributed by atoms with van der Waals surface area (Å²) in [6.07, 6.45) is 3.06. The van der Waals surface area contributed by atoms with Gasteiger partial charge in [0.05, 0.1) is 31.2 Å². The first-order chi connectivity index (χ1) is 29.1. The Hall–Kier alpha value is -4.65. The highest BCUT2D eigenvalue weighted by molar-refractivity contribution is 5.95. The van der Waals surface area contributed by atoms with Crippen LogP contribution in [-0.4, -0.2) is 118 Å². The number of rotatable bonds is 23. The van der Waals surface area contributed by atoms with Crippen molar-refractivity contribution in [1.82, 2.24) is 26.6 Å². The minimum absolute atomic E-state index is 0.154. The molecular formula is C43H70N6O12. The second-order valence-corrected chi connectivity index (χ2v) is 16.0. The maximum absolute atomic E-state index is 14.0. The highest BCUT2D eigenvalue weighted by Crippen LogP contribution is 2.24. The molecule has 0 spiro atoms. The molecule has 0 aliphatic carbocycles. The van der Waals surface area contributed by atoms with Crippen molar-refractivity contribution in [2.24, 2.45) is 11.7 Å². The van der Waals surface area contributed by atoms with Gasteiger partial charge in [0, 0.05) is 19.4 Å². The van der Waals surface area contributed by atoms with Crippen molar-refractivity contribution in [2.45, 2.75) is 172 Å². The van der Waals surface area contributed by atoms with Gasteiger partial charge in [0.2, 0.25) is 29.5 Å². The van der Waals surface area contributed by atoms with Gasteiger partial charge in [-0.15, -0.1) is 0 Å². The molecule has 0 aromatic heterocycles. The number of amides is 6. The van der Waals surface area contributed by atoms with Crippen molar-refractivity contribution in [3.63, 3.8) is 0 Å². The molecule has 11 N–H and O–H groups in total. The molecule has 9 atom stereocenters. The minimum atomic E-state index is -1.99. The molecule has 61 heavy (non-hydrogen) atoms. The van der Waals surface area contributed by atoms with Crippen molar-refractivity contribution >= 4 is 41.4 Å². The Kier molecular flexibility index (Phi) is 24.8. The largest absolute Gasteiger partial charge is 0.459 e. The van der Waals surface area contributed by atoms with E-state index in [1.165, 1.54) is 12.8 Å². The maximum Gasteiger partial charge on any atom is 0.308 e. The van der Waals surface area contributed by atoms with Crippen molar-refractivity contribution < 1.29 is 58.7 Å². The van der Waals surface area contributed by atoms with Crippen molar-refractivity contribution in [3.05, 3.63) is 35.9 Å². The van der Waals surface area contributed by atoms with E-state index in [1.54, 1.807) is 44.2 Å². The van der Waals surface area contributed by atoms with Crippen LogP contribution in [0.1, 0.15) is 135 Å². The molecule has 2 rings (SSSR count). The third-order valence-corrected chi connectivity index (χ3v) is 10.9. The lowest BCUT2D eigenvalue weighted by Crippen LogP contribution is -2.59. The van der Waals surface area contributed by atoms with Crippen LogP contribution in [0.5, 0.6) is 0 Å². The highest BCUT2D eigenvalue weighted by atomic mass is 16.6. The zero-order chi connectivity index (χ0) is 45.3. The number of cyclic esters (lactones) is 1. The van der Waals surface area contributed by atoms with E-state index in [2.05, 4.69) is 33.5 Å². The monoisotopic (exact) mass is 863 g/mol. The van der Waals surface area contributed by atoms with E-state index in [0.29, 0.717) is 18.4 Å². The van der Waals surface area contributed by atoms with Gasteiger partial charge in [-0.05, 0) is 50.5 Å². The lowest BCUT2D eigenvalue weighted by Gasteiger charge is -2.30. The molecule has 1 fully saturated rings. The standard InChI is InChI=1S/C43H70N6O12/c1-4-5-6-7-8-9-10-12-16-27(2)39-38(56)43(60)49-33(26-51)42(59)47-31(21-23-36(54)45-28(3)34(52)19-15-24-50)40(57)46-30(20-22-35(44)53)41(58)48-32(25-37(55)61-39)29-17-13-11-14-18-29/h11,13-14,17-18,27-28,30-34,38-39,50-52,56H,4-10,12,15-16,19-26H2,1-3H3,(H2,44,53)(H,45,54)(H,46,57)(H,47,59)(H,48,58)(H,49,60)/t27?,28?,30-,31-,32-,33+,34?,38?,39?/m0/s1. The summed E-state index contributed by atoms with van der Waals surface area (Å²) in [4.78, 5) is 93.6. The summed E-state index contributed by atoms with van der Waals surface area (Å²) in [5.41, 5.74) is 5.88. The SMILES string of the molecule is CCCCCCCCCCC(C)C1OC(=O)C[C@@H](c2ccccc2)NC(=O)[C@H](CCC(N)=O)NC(=O)[C@H](CCC(=O)NC(C)C(O)CCCO)NC(=O)[C@@H](CO)NC(=O)C1O. The summed E-state index contributed by atoms with van der Waals surface area (Å²) in [7, 11) is 0. The van der Waals surface area contributed by atoms with E-state index in [4.69, 9.17) is 15.6 Å². The molecule has 18 nitrogen and oxygen atoms in total. The molecule has 1 aromatic carbocycles. The van der Waals surface area contributed by atoms with Crippen LogP contribution < -0.4 is 32.3 Å². The first-order valence-electron chi connectivity index (χ1n) is 21.7. The predicted molar refractivity (Wildman–Crippen MR) is 225 cm³/mol. The number of carbonyl (C=O) groups excluding carboxylic acids is 7. The normalized spacial score (nSPS) is 23.6. The van der Waals surface area contributed by atoms with Gasteiger partial charge in [0.25, 0.3) is 5.91 Å². The quantitative estimate of drug-likeness (QED) is 0.0541. The molecule has 1 aliphatic heterocycles. The molecule has 1 aliphatic rings. The van der Waals surface area contributed by atoms with Gasteiger partial charge in [0.1, 0.15) is 24.2 Å². The average Bonchev–Trinajstić information content (AvgIpc) is 3.23. The molecule has 1 aromatic rings. The Balaban J connectivity index is 2.50. The predicted octanol–water partition coefficient (Wildman–Crippen LogP) is 0.818. The van der Waals surface area contributed by atoms with Gasteiger partial charge in [0.15, 0.2) is 6.10 Å². The van der Waals surface area contributed by atoms with E-state index < -0.39 is 109 Å². The molecule has 1 heterocycles. The van der Waals surface area contributed by atoms with Crippen LogP contribution in [0.15, 0.2) is 30.3 Å². The average molecular weight is 863 g/mol. The summed E-state index contributed by atoms with van der Waals surface area (Å²) in [6.45, 7) is 4.29. The Labute approximate surface area is 358 Å². The number of carbonyl (C=O) groups is 7. The number of hydrogen-bond donors (Lipinski definition) is 10. The number of nitrogens with one attached hydrogen (secondary N) is 5.